The van der Waals surface area contributed by atoms with E-state index in [1.165, 1.54) is 32.5 Å². The number of anilines is 3. The van der Waals surface area contributed by atoms with Gasteiger partial charge < -0.3 is 21.5 Å². The highest BCUT2D eigenvalue weighted by atomic mass is 32.1. The van der Waals surface area contributed by atoms with Crippen molar-refractivity contribution in [1.29, 1.82) is 15.8 Å². The van der Waals surface area contributed by atoms with E-state index < -0.39 is 24.1 Å². The summed E-state index contributed by atoms with van der Waals surface area (Å²) in [5.74, 6) is -0.145. The molecule has 458 valence electrons. The van der Waals surface area contributed by atoms with E-state index in [1.54, 1.807) is 87.5 Å². The molecule has 0 spiro atoms. The fourth-order valence-corrected chi connectivity index (χ4v) is 12.6. The Morgan fingerprint density at radius 2 is 0.846 bits per heavy atom. The van der Waals surface area contributed by atoms with Gasteiger partial charge in [-0.3, -0.25) is 38.7 Å². The number of carbonyl (C=O) groups is 6. The number of amides is 5. The molecule has 0 bridgehead atoms. The first-order valence-corrected chi connectivity index (χ1v) is 31.0. The maximum atomic E-state index is 12.8. The number of carboxylic acid groups (broad SMARTS) is 1. The van der Waals surface area contributed by atoms with Gasteiger partial charge in [0, 0.05) is 92.2 Å². The number of thiazole rings is 3. The van der Waals surface area contributed by atoms with Crippen LogP contribution < -0.4 is 31.1 Å². The monoisotopic (exact) mass is 1270 g/mol. The van der Waals surface area contributed by atoms with Crippen LogP contribution in [-0.4, -0.2) is 110 Å². The van der Waals surface area contributed by atoms with Crippen LogP contribution in [0.3, 0.4) is 0 Å². The molecule has 91 heavy (non-hydrogen) atoms. The Kier molecular flexibility index (Phi) is 21.7. The Labute approximate surface area is 536 Å². The van der Waals surface area contributed by atoms with E-state index in [-0.39, 0.29) is 34.5 Å². The molecule has 5 N–H and O–H groups in total. The minimum absolute atomic E-state index is 0.0533. The molecule has 6 aromatic heterocycles. The molecule has 0 fully saturated rings. The molecule has 9 heterocycles. The average molecular weight is 1270 g/mol. The molecular weight excluding hydrogens is 1210 g/mol. The third-order valence-electron chi connectivity index (χ3n) is 14.7. The molecule has 25 heteroatoms. The van der Waals surface area contributed by atoms with Gasteiger partial charge in [0.1, 0.15) is 29.5 Å². The van der Waals surface area contributed by atoms with Gasteiger partial charge in [0.15, 0.2) is 10.0 Å². The average Bonchev–Trinajstić information content (AvgIpc) is 2.67. The Balaban J connectivity index is 0.000000150. The van der Waals surface area contributed by atoms with Crippen LogP contribution >= 0.6 is 34.0 Å². The largest absolute Gasteiger partial charge is 0.476 e. The lowest BCUT2D eigenvalue weighted by Crippen LogP contribution is -2.46. The SMILES string of the molecule is CN1C(=O)C(N)CCc2cccnc21.CN1C(=O)C(NC(=O)c2ncc(Cc3cccc(C#N)c3)s2)CCc2cccnc21.CN1C(=O)[C@@H](NC(=O)c2ncc(Cc3cccc(C#N)c3)s2)CCc2cccnc21.N#Cc1cccc(Cc2cnc(C(=O)O)s2)c1. The Bertz CT molecular complexity index is 4120. The highest BCUT2D eigenvalue weighted by Gasteiger charge is 2.33. The lowest BCUT2D eigenvalue weighted by atomic mass is 10.1. The molecule has 9 aromatic rings. The van der Waals surface area contributed by atoms with Gasteiger partial charge in [0.25, 0.3) is 11.8 Å². The normalized spacial score (nSPS) is 15.6. The lowest BCUT2D eigenvalue weighted by molar-refractivity contribution is -0.120. The first-order valence-electron chi connectivity index (χ1n) is 28.5. The molecule has 3 atom stereocenters. The number of rotatable bonds is 11. The van der Waals surface area contributed by atoms with E-state index in [1.807, 2.05) is 84.9 Å². The second-order valence-corrected chi connectivity index (χ2v) is 24.4. The summed E-state index contributed by atoms with van der Waals surface area (Å²) in [4.78, 5) is 106. The molecule has 0 aliphatic carbocycles. The Morgan fingerprint density at radius 3 is 1.20 bits per heavy atom. The number of aromatic carboxylic acids is 1. The second kappa shape index (κ2) is 30.4. The number of nitrogens with zero attached hydrogens (tertiary/aromatic N) is 12. The van der Waals surface area contributed by atoms with Crippen LogP contribution in [0.2, 0.25) is 0 Å². The summed E-state index contributed by atoms with van der Waals surface area (Å²) < 4.78 is 0. The number of nitrogens with two attached hydrogens (primary N) is 1. The number of carbonyl (C=O) groups excluding carboxylic acids is 5. The van der Waals surface area contributed by atoms with E-state index >= 15 is 0 Å². The molecule has 3 aromatic carbocycles. The van der Waals surface area contributed by atoms with Crippen molar-refractivity contribution in [2.45, 2.75) is 75.9 Å². The highest BCUT2D eigenvalue weighted by molar-refractivity contribution is 7.14. The van der Waals surface area contributed by atoms with Crippen molar-refractivity contribution in [3.63, 3.8) is 0 Å². The molecule has 12 rings (SSSR count). The standard InChI is InChI=1S/2C22H19N5O2S.C12H8N2O2S.C10H13N3O/c2*1-27-19-16(6-3-9-24-19)7-8-18(22(27)29)26-20(28)21-25-13-17(30-21)11-14-4-2-5-15(10-14)12-23;13-6-9-3-1-2-8(4-9)5-10-7-14-11(17-10)12(15)16;1-13-9-7(3-2-6-12-9)4-5-8(11)10(13)14/h2*2-6,9-10,13,18H,7-8,11H2,1H3,(H,26,28);1-4,7H,5H2,(H,15,16);2-3,6,8H,4-5,11H2,1H3/t18-;;;/m0.../s1. The third kappa shape index (κ3) is 16.7. The zero-order chi connectivity index (χ0) is 64.6. The van der Waals surface area contributed by atoms with Crippen molar-refractivity contribution < 1.29 is 33.9 Å². The zero-order valence-corrected chi connectivity index (χ0v) is 52.0. The van der Waals surface area contributed by atoms with Crippen molar-refractivity contribution in [2.75, 3.05) is 35.8 Å². The van der Waals surface area contributed by atoms with Crippen LogP contribution in [-0.2, 0) is 52.9 Å². The summed E-state index contributed by atoms with van der Waals surface area (Å²) in [7, 11) is 5.07. The minimum Gasteiger partial charge on any atom is -0.476 e. The summed E-state index contributed by atoms with van der Waals surface area (Å²) in [6.07, 6.45) is 15.5. The molecule has 0 radical (unpaired) electrons. The maximum absolute atomic E-state index is 12.8. The van der Waals surface area contributed by atoms with Crippen molar-refractivity contribution in [3.05, 3.63) is 226 Å². The number of nitriles is 3. The number of pyridine rings is 3. The van der Waals surface area contributed by atoms with Gasteiger partial charge in [-0.25, -0.2) is 34.7 Å². The van der Waals surface area contributed by atoms with Crippen LogP contribution in [0.1, 0.15) is 113 Å². The quantitative estimate of drug-likeness (QED) is 0.0951. The first-order chi connectivity index (χ1) is 44.0. The van der Waals surface area contributed by atoms with Gasteiger partial charge in [0.05, 0.1) is 40.9 Å². The molecule has 2 unspecified atom stereocenters. The predicted octanol–water partition coefficient (Wildman–Crippen LogP) is 8.04. The summed E-state index contributed by atoms with van der Waals surface area (Å²) in [5, 5.41) is 42.0. The van der Waals surface area contributed by atoms with Crippen molar-refractivity contribution in [2.24, 2.45) is 5.73 Å². The number of hydrogen-bond acceptors (Lipinski definition) is 19. The summed E-state index contributed by atoms with van der Waals surface area (Å²) in [5.41, 5.74) is 13.5. The molecule has 0 saturated heterocycles. The van der Waals surface area contributed by atoms with Crippen LogP contribution in [0.5, 0.6) is 0 Å². The number of nitrogens with one attached hydrogen (secondary N) is 2. The Hall–Kier alpha value is -10.8. The highest BCUT2D eigenvalue weighted by Crippen LogP contribution is 2.28. The number of fused-ring (bicyclic) bond motifs is 3. The Morgan fingerprint density at radius 1 is 0.505 bits per heavy atom. The summed E-state index contributed by atoms with van der Waals surface area (Å²) in [6.45, 7) is 0. The van der Waals surface area contributed by atoms with Gasteiger partial charge in [-0.1, -0.05) is 54.6 Å². The number of aryl methyl sites for hydroxylation is 3. The summed E-state index contributed by atoms with van der Waals surface area (Å²) >= 11 is 3.73. The fraction of sp³-hybridized carbons (Fsp3) is 0.227. The smallest absolute Gasteiger partial charge is 0.365 e. The van der Waals surface area contributed by atoms with Crippen LogP contribution in [0.25, 0.3) is 0 Å². The van der Waals surface area contributed by atoms with Crippen LogP contribution in [0.15, 0.2) is 146 Å². The number of benzene rings is 3. The van der Waals surface area contributed by atoms with E-state index in [0.29, 0.717) is 89.7 Å². The van der Waals surface area contributed by atoms with Gasteiger partial charge in [-0.2, -0.15) is 15.8 Å². The number of hydrogen-bond donors (Lipinski definition) is 4. The number of aromatic nitrogens is 6. The van der Waals surface area contributed by atoms with Gasteiger partial charge in [-0.15, -0.1) is 34.0 Å². The fourth-order valence-electron chi connectivity index (χ4n) is 10.1. The van der Waals surface area contributed by atoms with E-state index in [0.717, 1.165) is 71.6 Å². The molecule has 0 saturated carbocycles. The molecule has 3 aliphatic heterocycles. The second-order valence-electron chi connectivity index (χ2n) is 21.1. The molecule has 5 amide bonds. The number of likely N-dealkylation sites (N-methyl/N-ethyl adjacent to an activating group) is 3. The molecule has 22 nitrogen and oxygen atoms in total. The van der Waals surface area contributed by atoms with E-state index in [2.05, 4.69) is 58.7 Å². The van der Waals surface area contributed by atoms with E-state index in [4.69, 9.17) is 26.6 Å². The van der Waals surface area contributed by atoms with Crippen molar-refractivity contribution in [1.82, 2.24) is 40.5 Å². The van der Waals surface area contributed by atoms with Crippen LogP contribution in [0, 0.1) is 34.0 Å². The zero-order valence-electron chi connectivity index (χ0n) is 49.5. The third-order valence-corrected chi connectivity index (χ3v) is 17.7. The van der Waals surface area contributed by atoms with Crippen LogP contribution in [0.4, 0.5) is 17.5 Å². The minimum atomic E-state index is -1.01. The lowest BCUT2D eigenvalue weighted by Gasteiger charge is -2.20. The van der Waals surface area contributed by atoms with Gasteiger partial charge >= 0.3 is 5.97 Å². The van der Waals surface area contributed by atoms with Gasteiger partial charge in [-0.05, 0) is 127 Å². The first kappa shape index (κ1) is 64.7. The van der Waals surface area contributed by atoms with Crippen molar-refractivity contribution >= 4 is 87.0 Å². The number of carboxylic acids is 1. The van der Waals surface area contributed by atoms with E-state index in [9.17, 15) is 28.8 Å². The van der Waals surface area contributed by atoms with Gasteiger partial charge in [0.2, 0.25) is 22.7 Å². The molecular formula is C66H59N15O7S3. The molecule has 3 aliphatic rings. The predicted molar refractivity (Wildman–Crippen MR) is 344 cm³/mol. The van der Waals surface area contributed by atoms with Crippen molar-refractivity contribution in [3.8, 4) is 18.2 Å². The topological polar surface area (TPSA) is 331 Å². The maximum Gasteiger partial charge on any atom is 0.365 e. The summed E-state index contributed by atoms with van der Waals surface area (Å²) in [6, 6.07) is 38.1.